The van der Waals surface area contributed by atoms with E-state index in [2.05, 4.69) is 17.3 Å². The van der Waals surface area contributed by atoms with E-state index in [9.17, 15) is 0 Å². The van der Waals surface area contributed by atoms with Crippen LogP contribution in [0.4, 0.5) is 0 Å². The Labute approximate surface area is 103 Å². The van der Waals surface area contributed by atoms with Gasteiger partial charge in [-0.2, -0.15) is 5.10 Å². The van der Waals surface area contributed by atoms with E-state index < -0.39 is 0 Å². The number of hydrogen-bond donors (Lipinski definition) is 1. The summed E-state index contributed by atoms with van der Waals surface area (Å²) in [5, 5.41) is 7.76. The van der Waals surface area contributed by atoms with E-state index in [1.54, 1.807) is 13.3 Å². The van der Waals surface area contributed by atoms with Gasteiger partial charge in [-0.15, -0.1) is 0 Å². The van der Waals surface area contributed by atoms with Crippen LogP contribution in [0.1, 0.15) is 37.9 Å². The molecule has 1 fully saturated rings. The summed E-state index contributed by atoms with van der Waals surface area (Å²) in [7, 11) is 5.73. The molecular formula is C13H23N3O. The molecule has 1 N–H and O–H groups in total. The van der Waals surface area contributed by atoms with Gasteiger partial charge in [0, 0.05) is 7.05 Å². The van der Waals surface area contributed by atoms with Gasteiger partial charge in [-0.1, -0.05) is 19.8 Å². The Hall–Kier alpha value is -1.03. The first-order chi connectivity index (χ1) is 8.19. The number of nitrogens with one attached hydrogen (secondary N) is 1. The summed E-state index contributed by atoms with van der Waals surface area (Å²) in [6.45, 7) is 2.35. The average molecular weight is 237 g/mol. The average Bonchev–Trinajstić information content (AvgIpc) is 2.89. The molecule has 4 heteroatoms. The molecule has 1 saturated carbocycles. The molecule has 17 heavy (non-hydrogen) atoms. The van der Waals surface area contributed by atoms with Crippen LogP contribution in [0, 0.1) is 11.8 Å². The summed E-state index contributed by atoms with van der Waals surface area (Å²) in [4.78, 5) is 0. The van der Waals surface area contributed by atoms with Crippen molar-refractivity contribution in [2.24, 2.45) is 18.9 Å². The third-order valence-electron chi connectivity index (χ3n) is 4.13. The van der Waals surface area contributed by atoms with Crippen LogP contribution >= 0.6 is 0 Å². The summed E-state index contributed by atoms with van der Waals surface area (Å²) < 4.78 is 7.36. The van der Waals surface area contributed by atoms with E-state index in [1.807, 2.05) is 18.8 Å². The molecule has 1 aliphatic carbocycles. The number of rotatable bonds is 4. The van der Waals surface area contributed by atoms with Gasteiger partial charge in [-0.25, -0.2) is 0 Å². The van der Waals surface area contributed by atoms with Crippen LogP contribution in [0.5, 0.6) is 5.75 Å². The molecule has 0 radical (unpaired) electrons. The third kappa shape index (κ3) is 2.18. The molecule has 0 aliphatic heterocycles. The molecule has 0 bridgehead atoms. The first-order valence-corrected chi connectivity index (χ1v) is 6.42. The van der Waals surface area contributed by atoms with Crippen molar-refractivity contribution in [1.29, 1.82) is 0 Å². The predicted octanol–water partition coefficient (Wildman–Crippen LogP) is 2.13. The molecule has 96 valence electrons. The van der Waals surface area contributed by atoms with E-state index in [1.165, 1.54) is 25.0 Å². The number of aromatic nitrogens is 2. The van der Waals surface area contributed by atoms with Crippen LogP contribution in [0.15, 0.2) is 6.20 Å². The highest BCUT2D eigenvalue weighted by Gasteiger charge is 2.34. The topological polar surface area (TPSA) is 39.1 Å². The first-order valence-electron chi connectivity index (χ1n) is 6.42. The molecule has 3 unspecified atom stereocenters. The summed E-state index contributed by atoms with van der Waals surface area (Å²) in [6.07, 6.45) is 5.77. The maximum Gasteiger partial charge on any atom is 0.161 e. The summed E-state index contributed by atoms with van der Waals surface area (Å²) in [6, 6.07) is 0.343. The number of methoxy groups -OCH3 is 1. The molecule has 0 amide bonds. The monoisotopic (exact) mass is 237 g/mol. The maximum absolute atomic E-state index is 5.42. The van der Waals surface area contributed by atoms with Gasteiger partial charge in [-0.05, 0) is 25.3 Å². The summed E-state index contributed by atoms with van der Waals surface area (Å²) >= 11 is 0. The zero-order valence-electron chi connectivity index (χ0n) is 11.2. The van der Waals surface area contributed by atoms with Gasteiger partial charge in [0.15, 0.2) is 5.75 Å². The minimum Gasteiger partial charge on any atom is -0.493 e. The minimum absolute atomic E-state index is 0.343. The van der Waals surface area contributed by atoms with Crippen molar-refractivity contribution < 1.29 is 4.74 Å². The van der Waals surface area contributed by atoms with Gasteiger partial charge in [0.25, 0.3) is 0 Å². The number of aryl methyl sites for hydroxylation is 1. The van der Waals surface area contributed by atoms with E-state index in [4.69, 9.17) is 4.74 Å². The third-order valence-corrected chi connectivity index (χ3v) is 4.13. The molecule has 0 aromatic carbocycles. The first kappa shape index (κ1) is 12.4. The second kappa shape index (κ2) is 5.08. The molecule has 3 atom stereocenters. The van der Waals surface area contributed by atoms with Crippen LogP contribution in [-0.2, 0) is 7.05 Å². The van der Waals surface area contributed by atoms with Crippen LogP contribution in [-0.4, -0.2) is 23.9 Å². The maximum atomic E-state index is 5.42. The Morgan fingerprint density at radius 3 is 2.82 bits per heavy atom. The van der Waals surface area contributed by atoms with E-state index in [0.717, 1.165) is 11.7 Å². The van der Waals surface area contributed by atoms with E-state index in [-0.39, 0.29) is 0 Å². The molecule has 4 nitrogen and oxygen atoms in total. The van der Waals surface area contributed by atoms with Crippen molar-refractivity contribution in [3.63, 3.8) is 0 Å². The van der Waals surface area contributed by atoms with Gasteiger partial charge in [0.05, 0.1) is 25.0 Å². The SMILES string of the molecule is CNC(c1c(OC)cnn1C)C1CCCC1C. The van der Waals surface area contributed by atoms with Crippen LogP contribution in [0.2, 0.25) is 0 Å². The lowest BCUT2D eigenvalue weighted by molar-refractivity contribution is 0.293. The summed E-state index contributed by atoms with van der Waals surface area (Å²) in [5.41, 5.74) is 1.17. The van der Waals surface area contributed by atoms with Crippen molar-refractivity contribution in [3.8, 4) is 5.75 Å². The highest BCUT2D eigenvalue weighted by molar-refractivity contribution is 5.29. The van der Waals surface area contributed by atoms with Crippen molar-refractivity contribution in [2.45, 2.75) is 32.2 Å². The van der Waals surface area contributed by atoms with Gasteiger partial charge >= 0.3 is 0 Å². The fourth-order valence-corrected chi connectivity index (χ4v) is 3.16. The van der Waals surface area contributed by atoms with E-state index in [0.29, 0.717) is 12.0 Å². The Kier molecular flexibility index (Phi) is 3.72. The largest absolute Gasteiger partial charge is 0.493 e. The highest BCUT2D eigenvalue weighted by atomic mass is 16.5. The predicted molar refractivity (Wildman–Crippen MR) is 68.1 cm³/mol. The second-order valence-electron chi connectivity index (χ2n) is 5.06. The lowest BCUT2D eigenvalue weighted by atomic mass is 9.88. The Morgan fingerprint density at radius 2 is 2.29 bits per heavy atom. The summed E-state index contributed by atoms with van der Waals surface area (Å²) in [5.74, 6) is 2.35. The lowest BCUT2D eigenvalue weighted by Gasteiger charge is -2.27. The Balaban J connectivity index is 2.31. The second-order valence-corrected chi connectivity index (χ2v) is 5.06. The normalized spacial score (nSPS) is 26.1. The van der Waals surface area contributed by atoms with Crippen molar-refractivity contribution in [3.05, 3.63) is 11.9 Å². The van der Waals surface area contributed by atoms with Gasteiger partial charge in [0.2, 0.25) is 0 Å². The molecule has 1 aromatic heterocycles. The van der Waals surface area contributed by atoms with Crippen molar-refractivity contribution >= 4 is 0 Å². The number of ether oxygens (including phenoxy) is 1. The lowest BCUT2D eigenvalue weighted by Crippen LogP contribution is -2.29. The van der Waals surface area contributed by atoms with Crippen molar-refractivity contribution in [1.82, 2.24) is 15.1 Å². The minimum atomic E-state index is 0.343. The van der Waals surface area contributed by atoms with Gasteiger partial charge in [-0.3, -0.25) is 4.68 Å². The number of hydrogen-bond acceptors (Lipinski definition) is 3. The van der Waals surface area contributed by atoms with E-state index >= 15 is 0 Å². The smallest absolute Gasteiger partial charge is 0.161 e. The molecule has 1 aliphatic rings. The Bertz CT molecular complexity index is 375. The quantitative estimate of drug-likeness (QED) is 0.872. The Morgan fingerprint density at radius 1 is 1.53 bits per heavy atom. The molecule has 2 rings (SSSR count). The van der Waals surface area contributed by atoms with Gasteiger partial charge in [0.1, 0.15) is 0 Å². The van der Waals surface area contributed by atoms with Crippen molar-refractivity contribution in [2.75, 3.05) is 14.2 Å². The fourth-order valence-electron chi connectivity index (χ4n) is 3.16. The zero-order chi connectivity index (χ0) is 12.4. The molecule has 0 saturated heterocycles. The fraction of sp³-hybridized carbons (Fsp3) is 0.769. The zero-order valence-corrected chi connectivity index (χ0v) is 11.2. The standard InChI is InChI=1S/C13H23N3O/c1-9-6-5-7-10(9)12(14-2)13-11(17-4)8-15-16(13)3/h8-10,12,14H,5-7H2,1-4H3. The molecule has 0 spiro atoms. The molecular weight excluding hydrogens is 214 g/mol. The van der Waals surface area contributed by atoms with Crippen LogP contribution < -0.4 is 10.1 Å². The number of nitrogens with zero attached hydrogens (tertiary/aromatic N) is 2. The molecule has 1 heterocycles. The highest BCUT2D eigenvalue weighted by Crippen LogP contribution is 2.41. The van der Waals surface area contributed by atoms with Crippen LogP contribution in [0.3, 0.4) is 0 Å². The van der Waals surface area contributed by atoms with Crippen LogP contribution in [0.25, 0.3) is 0 Å². The molecule has 1 aromatic rings. The van der Waals surface area contributed by atoms with Gasteiger partial charge < -0.3 is 10.1 Å².